The Balaban J connectivity index is 1.27. The van der Waals surface area contributed by atoms with Crippen molar-refractivity contribution < 1.29 is 14.3 Å². The van der Waals surface area contributed by atoms with Crippen molar-refractivity contribution in [1.82, 2.24) is 10.6 Å². The maximum absolute atomic E-state index is 12.7. The maximum Gasteiger partial charge on any atom is 0.408 e. The average Bonchev–Trinajstić information content (AvgIpc) is 3.30. The van der Waals surface area contributed by atoms with Crippen molar-refractivity contribution >= 4 is 58.0 Å². The smallest absolute Gasteiger partial charge is 0.408 e. The number of para-hydroxylation sites is 1. The van der Waals surface area contributed by atoms with Crippen molar-refractivity contribution in [3.8, 4) is 12.3 Å². The van der Waals surface area contributed by atoms with Crippen molar-refractivity contribution in [2.75, 3.05) is 47.9 Å². The number of alkyl carbamates (subject to hydrolysis) is 1. The van der Waals surface area contributed by atoms with Gasteiger partial charge in [0.25, 0.3) is 0 Å². The standard InChI is InChI=1S/C42H48N8O3/c1-8-14-36(45-41(52)53-42(4,5)6)40(51)43-25-26-48(7)33-22-18-31(19-23-33)46-47-32-20-24-39-38(27-32)44-37-28-35(49(9-2)10-3)21-17-30(37)29-50(39)34-15-12-11-13-16-34/h1,11-13,15-24,27-29,36H,9-10,14,25-26H2,2-7H3,(H,43,51)(H,45,52). The number of carbonyl (C=O) groups excluding carboxylic acids is 2. The Morgan fingerprint density at radius 2 is 1.60 bits per heavy atom. The van der Waals surface area contributed by atoms with Crippen molar-refractivity contribution in [2.24, 2.45) is 15.2 Å². The molecular weight excluding hydrogens is 665 g/mol. The zero-order chi connectivity index (χ0) is 38.0. The number of carbonyl (C=O) groups is 2. The number of benzene rings is 4. The molecule has 0 aliphatic carbocycles. The second-order valence-corrected chi connectivity index (χ2v) is 13.6. The van der Waals surface area contributed by atoms with E-state index in [9.17, 15) is 9.59 Å². The minimum atomic E-state index is -0.889. The van der Waals surface area contributed by atoms with Crippen LogP contribution in [0.25, 0.3) is 6.20 Å². The zero-order valence-electron chi connectivity index (χ0n) is 31.3. The van der Waals surface area contributed by atoms with Gasteiger partial charge in [0.15, 0.2) is 0 Å². The van der Waals surface area contributed by atoms with Crippen molar-refractivity contribution in [2.45, 2.75) is 52.7 Å². The van der Waals surface area contributed by atoms with Crippen LogP contribution in [0.3, 0.4) is 0 Å². The number of hydrogen-bond donors (Lipinski definition) is 2. The molecule has 1 unspecified atom stereocenters. The third-order valence-electron chi connectivity index (χ3n) is 8.55. The van der Waals surface area contributed by atoms with Crippen LogP contribution in [0.5, 0.6) is 0 Å². The molecule has 0 aromatic heterocycles. The van der Waals surface area contributed by atoms with Crippen LogP contribution in [0.15, 0.2) is 106 Å². The number of terminal acetylenes is 1. The first kappa shape index (κ1) is 38.1. The van der Waals surface area contributed by atoms with E-state index < -0.39 is 17.7 Å². The van der Waals surface area contributed by atoms with E-state index in [1.54, 1.807) is 20.8 Å². The highest BCUT2D eigenvalue weighted by Gasteiger charge is 2.24. The quantitative estimate of drug-likeness (QED) is 0.112. The number of hydrogen-bond acceptors (Lipinski definition) is 9. The van der Waals surface area contributed by atoms with Gasteiger partial charge in [-0.3, -0.25) is 4.79 Å². The molecule has 0 saturated carbocycles. The van der Waals surface area contributed by atoms with Gasteiger partial charge in [0, 0.05) is 68.1 Å². The van der Waals surface area contributed by atoms with E-state index in [4.69, 9.17) is 16.2 Å². The van der Waals surface area contributed by atoms with Crippen LogP contribution in [-0.4, -0.2) is 56.9 Å². The highest BCUT2D eigenvalue weighted by molar-refractivity contribution is 5.86. The third-order valence-corrected chi connectivity index (χ3v) is 8.55. The van der Waals surface area contributed by atoms with Gasteiger partial charge < -0.3 is 30.1 Å². The molecule has 11 nitrogen and oxygen atoms in total. The van der Waals surface area contributed by atoms with Gasteiger partial charge in [0.05, 0.1) is 28.1 Å². The predicted octanol–water partition coefficient (Wildman–Crippen LogP) is 7.26. The van der Waals surface area contributed by atoms with E-state index in [0.29, 0.717) is 24.5 Å². The third kappa shape index (κ3) is 10.2. The van der Waals surface area contributed by atoms with Crippen LogP contribution in [0.4, 0.5) is 44.6 Å². The monoisotopic (exact) mass is 712 g/mol. The summed E-state index contributed by atoms with van der Waals surface area (Å²) in [6, 6.07) is 29.4. The van der Waals surface area contributed by atoms with Gasteiger partial charge in [-0.25, -0.2) is 9.79 Å². The van der Waals surface area contributed by atoms with Gasteiger partial charge in [-0.1, -0.05) is 18.2 Å². The molecule has 2 N–H and O–H groups in total. The molecule has 0 fully saturated rings. The second kappa shape index (κ2) is 17.4. The molecule has 0 saturated heterocycles. The Morgan fingerprint density at radius 3 is 2.28 bits per heavy atom. The van der Waals surface area contributed by atoms with Gasteiger partial charge >= 0.3 is 6.09 Å². The first-order valence-corrected chi connectivity index (χ1v) is 17.9. The summed E-state index contributed by atoms with van der Waals surface area (Å²) in [6.07, 6.45) is 6.93. The summed E-state index contributed by atoms with van der Waals surface area (Å²) < 4.78 is 5.26. The Labute approximate surface area is 312 Å². The fourth-order valence-corrected chi connectivity index (χ4v) is 5.80. The summed E-state index contributed by atoms with van der Waals surface area (Å²) in [5.74, 6) is 2.06. The molecule has 2 amide bonds. The zero-order valence-corrected chi connectivity index (χ0v) is 31.3. The number of amides is 2. The lowest BCUT2D eigenvalue weighted by Crippen LogP contribution is -2.49. The van der Waals surface area contributed by atoms with Crippen LogP contribution >= 0.6 is 0 Å². The number of nitrogens with zero attached hydrogens (tertiary/aromatic N) is 6. The largest absolute Gasteiger partial charge is 0.444 e. The summed E-state index contributed by atoms with van der Waals surface area (Å²) in [7, 11) is 1.93. The molecule has 11 heteroatoms. The highest BCUT2D eigenvalue weighted by atomic mass is 16.6. The number of rotatable bonds is 13. The first-order valence-electron chi connectivity index (χ1n) is 17.9. The molecule has 0 bridgehead atoms. The van der Waals surface area contributed by atoms with E-state index in [0.717, 1.165) is 52.1 Å². The van der Waals surface area contributed by atoms with E-state index >= 15 is 0 Å². The fourth-order valence-electron chi connectivity index (χ4n) is 5.80. The molecule has 4 aromatic rings. The number of likely N-dealkylation sites (N-methyl/N-ethyl adjacent to an activating group) is 1. The van der Waals surface area contributed by atoms with E-state index in [1.165, 1.54) is 0 Å². The van der Waals surface area contributed by atoms with Gasteiger partial charge in [-0.2, -0.15) is 10.2 Å². The van der Waals surface area contributed by atoms with E-state index in [-0.39, 0.29) is 12.3 Å². The molecule has 5 rings (SSSR count). The molecule has 1 aliphatic heterocycles. The Morgan fingerprint density at radius 1 is 0.925 bits per heavy atom. The minimum absolute atomic E-state index is 0.0492. The van der Waals surface area contributed by atoms with Gasteiger partial charge in [0.1, 0.15) is 11.6 Å². The Hall–Kier alpha value is -6.15. The lowest BCUT2D eigenvalue weighted by molar-refractivity contribution is -0.123. The molecule has 4 aromatic carbocycles. The molecule has 1 heterocycles. The maximum atomic E-state index is 12.7. The second-order valence-electron chi connectivity index (χ2n) is 13.6. The number of ether oxygens (including phenoxy) is 1. The van der Waals surface area contributed by atoms with E-state index in [2.05, 4.69) is 87.0 Å². The molecule has 1 aliphatic rings. The number of anilines is 4. The topological polar surface area (TPSA) is 114 Å². The van der Waals surface area contributed by atoms with Gasteiger partial charge in [0.2, 0.25) is 5.91 Å². The van der Waals surface area contributed by atoms with Crippen LogP contribution < -0.4 is 35.9 Å². The lowest BCUT2D eigenvalue weighted by Gasteiger charge is -2.23. The van der Waals surface area contributed by atoms with Crippen molar-refractivity contribution in [1.29, 1.82) is 0 Å². The average molecular weight is 713 g/mol. The molecule has 53 heavy (non-hydrogen) atoms. The summed E-state index contributed by atoms with van der Waals surface area (Å²) in [4.78, 5) is 36.6. The van der Waals surface area contributed by atoms with Gasteiger partial charge in [-0.15, -0.1) is 12.3 Å². The minimum Gasteiger partial charge on any atom is -0.444 e. The molecule has 274 valence electrons. The SMILES string of the molecule is C#CCC(NC(=O)OC(C)(C)C)C(=O)NCCN(C)c1ccc(N=Nc2ccc3c(c2)N=c2cc(N(CC)CC)ccc2=CN3c2ccccc2)cc1. The van der Waals surface area contributed by atoms with Crippen molar-refractivity contribution in [3.63, 3.8) is 0 Å². The summed E-state index contributed by atoms with van der Waals surface area (Å²) >= 11 is 0. The Kier molecular flexibility index (Phi) is 12.5. The summed E-state index contributed by atoms with van der Waals surface area (Å²) in [5, 5.41) is 16.4. The molecule has 0 radical (unpaired) electrons. The lowest BCUT2D eigenvalue weighted by atomic mass is 10.2. The van der Waals surface area contributed by atoms with Crippen LogP contribution in [0.2, 0.25) is 0 Å². The first-order chi connectivity index (χ1) is 25.5. The van der Waals surface area contributed by atoms with Crippen LogP contribution in [0.1, 0.15) is 41.0 Å². The van der Waals surface area contributed by atoms with Crippen LogP contribution in [0, 0.1) is 12.3 Å². The predicted molar refractivity (Wildman–Crippen MR) is 213 cm³/mol. The van der Waals surface area contributed by atoms with Crippen LogP contribution in [-0.2, 0) is 9.53 Å². The van der Waals surface area contributed by atoms with E-state index in [1.807, 2.05) is 72.6 Å². The highest BCUT2D eigenvalue weighted by Crippen LogP contribution is 2.38. The summed E-state index contributed by atoms with van der Waals surface area (Å²) in [6.45, 7) is 12.3. The number of nitrogens with one attached hydrogen (secondary N) is 2. The fraction of sp³-hybridized carbons (Fsp3) is 0.310. The Bertz CT molecular complexity index is 2080. The molecular formula is C42H48N8O3. The number of azo groups is 1. The summed E-state index contributed by atoms with van der Waals surface area (Å²) in [5.41, 5.74) is 5.55. The normalized spacial score (nSPS) is 12.6. The molecule has 0 spiro atoms. The van der Waals surface area contributed by atoms with Crippen molar-refractivity contribution in [3.05, 3.63) is 102 Å². The number of fused-ring (bicyclic) bond motifs is 2. The van der Waals surface area contributed by atoms with Gasteiger partial charge in [-0.05, 0) is 107 Å². The molecule has 1 atom stereocenters.